The summed E-state index contributed by atoms with van der Waals surface area (Å²) in [6, 6.07) is 10.7. The monoisotopic (exact) mass is 244 g/mol. The van der Waals surface area contributed by atoms with Crippen LogP contribution in [0.4, 0.5) is 0 Å². The second-order valence-corrected chi connectivity index (χ2v) is 4.26. The van der Waals surface area contributed by atoms with Gasteiger partial charge in [0.05, 0.1) is 6.61 Å². The summed E-state index contributed by atoms with van der Waals surface area (Å²) >= 11 is 0. The molecule has 3 heteroatoms. The third-order valence-electron chi connectivity index (χ3n) is 3.00. The lowest BCUT2D eigenvalue weighted by Crippen LogP contribution is -2.20. The Morgan fingerprint density at radius 2 is 2.22 bits per heavy atom. The van der Waals surface area contributed by atoms with Crippen molar-refractivity contribution in [1.29, 1.82) is 0 Å². The zero-order valence-corrected chi connectivity index (χ0v) is 10.9. The van der Waals surface area contributed by atoms with E-state index in [9.17, 15) is 0 Å². The molecule has 0 aliphatic heterocycles. The molecule has 0 unspecified atom stereocenters. The fourth-order valence-corrected chi connectivity index (χ4v) is 2.15. The summed E-state index contributed by atoms with van der Waals surface area (Å²) in [6.45, 7) is 7.13. The van der Waals surface area contributed by atoms with Crippen molar-refractivity contribution >= 4 is 10.9 Å². The lowest BCUT2D eigenvalue weighted by molar-refractivity contribution is 0.199. The minimum Gasteiger partial charge on any atom is -0.383 e. The van der Waals surface area contributed by atoms with Crippen LogP contribution in [-0.2, 0) is 17.8 Å². The van der Waals surface area contributed by atoms with E-state index >= 15 is 0 Å². The summed E-state index contributed by atoms with van der Waals surface area (Å²) in [5.74, 6) is 0. The summed E-state index contributed by atoms with van der Waals surface area (Å²) in [6.07, 6.45) is 1.94. The maximum absolute atomic E-state index is 5.03. The van der Waals surface area contributed by atoms with Gasteiger partial charge in [-0.25, -0.2) is 0 Å². The number of hydrogen-bond acceptors (Lipinski definition) is 2. The van der Waals surface area contributed by atoms with Gasteiger partial charge < -0.3 is 14.6 Å². The van der Waals surface area contributed by atoms with E-state index in [4.69, 9.17) is 4.74 Å². The Labute approximate surface area is 108 Å². The predicted molar refractivity (Wildman–Crippen MR) is 75.7 cm³/mol. The van der Waals surface area contributed by atoms with Crippen molar-refractivity contribution in [2.24, 2.45) is 0 Å². The topological polar surface area (TPSA) is 26.2 Å². The van der Waals surface area contributed by atoms with Crippen LogP contribution in [0.25, 0.3) is 10.9 Å². The number of aromatic nitrogens is 1. The number of nitrogens with one attached hydrogen (secondary N) is 1. The molecule has 0 amide bonds. The number of methoxy groups -OCH3 is 1. The lowest BCUT2D eigenvalue weighted by Gasteiger charge is -2.09. The average molecular weight is 244 g/mol. The van der Waals surface area contributed by atoms with Crippen LogP contribution in [0.1, 0.15) is 5.69 Å². The molecule has 0 saturated heterocycles. The van der Waals surface area contributed by atoms with E-state index in [-0.39, 0.29) is 0 Å². The van der Waals surface area contributed by atoms with Gasteiger partial charge in [-0.3, -0.25) is 0 Å². The highest BCUT2D eigenvalue weighted by molar-refractivity contribution is 5.81. The minimum atomic E-state index is 0.738. The molecule has 2 rings (SSSR count). The van der Waals surface area contributed by atoms with Crippen LogP contribution in [-0.4, -0.2) is 24.8 Å². The van der Waals surface area contributed by atoms with E-state index < -0.39 is 0 Å². The molecule has 0 fully saturated rings. The number of benzene rings is 1. The first kappa shape index (κ1) is 12.9. The SMILES string of the molecule is C=CCn1c(CNCCOC)cc2ccccc21. The second-order valence-electron chi connectivity index (χ2n) is 4.26. The highest BCUT2D eigenvalue weighted by atomic mass is 16.5. The van der Waals surface area contributed by atoms with Crippen LogP contribution in [0.3, 0.4) is 0 Å². The van der Waals surface area contributed by atoms with Crippen LogP contribution in [0.5, 0.6) is 0 Å². The zero-order chi connectivity index (χ0) is 12.8. The summed E-state index contributed by atoms with van der Waals surface area (Å²) in [5, 5.41) is 4.66. The first-order valence-electron chi connectivity index (χ1n) is 6.24. The van der Waals surface area contributed by atoms with E-state index in [1.54, 1.807) is 7.11 Å². The molecular formula is C15H20N2O. The Kier molecular flexibility index (Phi) is 4.56. The van der Waals surface area contributed by atoms with Gasteiger partial charge in [-0.1, -0.05) is 24.3 Å². The van der Waals surface area contributed by atoms with Gasteiger partial charge in [-0.2, -0.15) is 0 Å². The van der Waals surface area contributed by atoms with Gasteiger partial charge in [0.1, 0.15) is 0 Å². The van der Waals surface area contributed by atoms with Gasteiger partial charge in [0, 0.05) is 38.0 Å². The first-order valence-corrected chi connectivity index (χ1v) is 6.24. The quantitative estimate of drug-likeness (QED) is 0.598. The summed E-state index contributed by atoms with van der Waals surface area (Å²) in [4.78, 5) is 0. The maximum atomic E-state index is 5.03. The Bertz CT molecular complexity index is 516. The third-order valence-corrected chi connectivity index (χ3v) is 3.00. The Balaban J connectivity index is 2.19. The van der Waals surface area contributed by atoms with Crippen molar-refractivity contribution in [2.75, 3.05) is 20.3 Å². The largest absolute Gasteiger partial charge is 0.383 e. The van der Waals surface area contributed by atoms with Crippen molar-refractivity contribution in [3.63, 3.8) is 0 Å². The van der Waals surface area contributed by atoms with Crippen molar-refractivity contribution in [3.8, 4) is 0 Å². The van der Waals surface area contributed by atoms with Crippen molar-refractivity contribution in [2.45, 2.75) is 13.1 Å². The molecule has 1 heterocycles. The van der Waals surface area contributed by atoms with Crippen LogP contribution < -0.4 is 5.32 Å². The van der Waals surface area contributed by atoms with Gasteiger partial charge in [-0.15, -0.1) is 6.58 Å². The summed E-state index contributed by atoms with van der Waals surface area (Å²) in [7, 11) is 1.72. The van der Waals surface area contributed by atoms with Crippen LogP contribution in [0.2, 0.25) is 0 Å². The van der Waals surface area contributed by atoms with Crippen molar-refractivity contribution in [1.82, 2.24) is 9.88 Å². The number of para-hydroxylation sites is 1. The molecule has 0 saturated carbocycles. The van der Waals surface area contributed by atoms with Gasteiger partial charge in [-0.05, 0) is 17.5 Å². The molecule has 0 aliphatic rings. The van der Waals surface area contributed by atoms with E-state index in [1.807, 2.05) is 6.08 Å². The molecule has 0 atom stereocenters. The minimum absolute atomic E-state index is 0.738. The Morgan fingerprint density at radius 1 is 1.39 bits per heavy atom. The molecule has 18 heavy (non-hydrogen) atoms. The molecule has 0 radical (unpaired) electrons. The molecule has 96 valence electrons. The number of fused-ring (bicyclic) bond motifs is 1. The van der Waals surface area contributed by atoms with Crippen molar-refractivity contribution in [3.05, 3.63) is 48.7 Å². The number of rotatable bonds is 7. The smallest absolute Gasteiger partial charge is 0.0587 e. The standard InChI is InChI=1S/C15H20N2O/c1-3-9-17-14(12-16-8-10-18-2)11-13-6-4-5-7-15(13)17/h3-7,11,16H,1,8-10,12H2,2H3. The van der Waals surface area contributed by atoms with E-state index in [0.29, 0.717) is 0 Å². The molecule has 0 spiro atoms. The molecule has 1 aromatic heterocycles. The van der Waals surface area contributed by atoms with E-state index in [1.165, 1.54) is 16.6 Å². The Morgan fingerprint density at radius 3 is 3.00 bits per heavy atom. The first-order chi connectivity index (χ1) is 8.86. The zero-order valence-electron chi connectivity index (χ0n) is 10.9. The number of nitrogens with zero attached hydrogens (tertiary/aromatic N) is 1. The van der Waals surface area contributed by atoms with Gasteiger partial charge in [0.25, 0.3) is 0 Å². The van der Waals surface area contributed by atoms with Gasteiger partial charge >= 0.3 is 0 Å². The molecule has 1 N–H and O–H groups in total. The third kappa shape index (κ3) is 2.81. The summed E-state index contributed by atoms with van der Waals surface area (Å²) < 4.78 is 7.32. The lowest BCUT2D eigenvalue weighted by atomic mass is 10.2. The van der Waals surface area contributed by atoms with Crippen LogP contribution in [0, 0.1) is 0 Å². The predicted octanol–water partition coefficient (Wildman–Crippen LogP) is 2.56. The molecule has 0 bridgehead atoms. The van der Waals surface area contributed by atoms with Gasteiger partial charge in [0.15, 0.2) is 0 Å². The molecular weight excluding hydrogens is 224 g/mol. The summed E-state index contributed by atoms with van der Waals surface area (Å²) in [5.41, 5.74) is 2.55. The molecule has 3 nitrogen and oxygen atoms in total. The molecule has 0 aliphatic carbocycles. The number of ether oxygens (including phenoxy) is 1. The molecule has 2 aromatic rings. The normalized spacial score (nSPS) is 10.9. The molecule has 1 aromatic carbocycles. The fraction of sp³-hybridized carbons (Fsp3) is 0.333. The average Bonchev–Trinajstić information content (AvgIpc) is 2.74. The number of hydrogen-bond donors (Lipinski definition) is 1. The van der Waals surface area contributed by atoms with E-state index in [0.717, 1.165) is 26.2 Å². The highest BCUT2D eigenvalue weighted by Crippen LogP contribution is 2.19. The highest BCUT2D eigenvalue weighted by Gasteiger charge is 2.06. The number of allylic oxidation sites excluding steroid dienone is 1. The maximum Gasteiger partial charge on any atom is 0.0587 e. The van der Waals surface area contributed by atoms with E-state index in [2.05, 4.69) is 46.8 Å². The van der Waals surface area contributed by atoms with Crippen LogP contribution in [0.15, 0.2) is 43.0 Å². The second kappa shape index (κ2) is 6.38. The fourth-order valence-electron chi connectivity index (χ4n) is 2.15. The van der Waals surface area contributed by atoms with Crippen LogP contribution >= 0.6 is 0 Å². The Hall–Kier alpha value is -1.58. The van der Waals surface area contributed by atoms with Crippen molar-refractivity contribution < 1.29 is 4.74 Å². The van der Waals surface area contributed by atoms with Gasteiger partial charge in [0.2, 0.25) is 0 Å².